The van der Waals surface area contributed by atoms with Crippen molar-refractivity contribution in [3.05, 3.63) is 34.9 Å². The molecule has 0 aliphatic rings. The molecule has 0 saturated carbocycles. The molecular weight excluding hydrogens is 208 g/mol. The van der Waals surface area contributed by atoms with Crippen molar-refractivity contribution in [3.63, 3.8) is 0 Å². The van der Waals surface area contributed by atoms with Gasteiger partial charge < -0.3 is 0 Å². The van der Waals surface area contributed by atoms with Crippen LogP contribution in [0.2, 0.25) is 0 Å². The minimum absolute atomic E-state index is 0.233. The first-order valence-electron chi connectivity index (χ1n) is 4.85. The fourth-order valence-corrected chi connectivity index (χ4v) is 1.65. The lowest BCUT2D eigenvalue weighted by atomic mass is 9.93. The van der Waals surface area contributed by atoms with Crippen LogP contribution in [0.3, 0.4) is 0 Å². The van der Waals surface area contributed by atoms with Crippen molar-refractivity contribution < 1.29 is 17.6 Å². The van der Waals surface area contributed by atoms with Gasteiger partial charge in [-0.25, -0.2) is 17.6 Å². The largest absolute Gasteiger partial charge is 0.204 e. The van der Waals surface area contributed by atoms with Crippen LogP contribution in [0.5, 0.6) is 0 Å². The molecule has 0 radical (unpaired) electrons. The molecule has 0 unspecified atom stereocenters. The third kappa shape index (κ3) is 2.13. The third-order valence-corrected chi connectivity index (χ3v) is 2.54. The van der Waals surface area contributed by atoms with Crippen LogP contribution in [-0.2, 0) is 0 Å². The average molecular weight is 220 g/mol. The summed E-state index contributed by atoms with van der Waals surface area (Å²) in [5, 5.41) is 0. The number of halogens is 4. The molecule has 0 aliphatic carbocycles. The fraction of sp³-hybridized carbons (Fsp3) is 0.455. The summed E-state index contributed by atoms with van der Waals surface area (Å²) < 4.78 is 52.3. The lowest BCUT2D eigenvalue weighted by molar-refractivity contribution is 0.420. The SMILES string of the molecule is CCC(CC)c1c(F)c(F)cc(F)c1F. The highest BCUT2D eigenvalue weighted by atomic mass is 19.2. The van der Waals surface area contributed by atoms with Gasteiger partial charge >= 0.3 is 0 Å². The molecule has 15 heavy (non-hydrogen) atoms. The fourth-order valence-electron chi connectivity index (χ4n) is 1.65. The van der Waals surface area contributed by atoms with E-state index in [1.54, 1.807) is 13.8 Å². The van der Waals surface area contributed by atoms with Crippen molar-refractivity contribution in [1.82, 2.24) is 0 Å². The van der Waals surface area contributed by atoms with Gasteiger partial charge in [0, 0.05) is 11.6 Å². The average Bonchev–Trinajstić information content (AvgIpc) is 2.21. The molecule has 0 spiro atoms. The van der Waals surface area contributed by atoms with Crippen LogP contribution in [0.1, 0.15) is 38.2 Å². The van der Waals surface area contributed by atoms with E-state index in [0.717, 1.165) is 0 Å². The second-order valence-corrected chi connectivity index (χ2v) is 3.40. The van der Waals surface area contributed by atoms with E-state index in [9.17, 15) is 17.6 Å². The number of rotatable bonds is 3. The zero-order chi connectivity index (χ0) is 11.6. The van der Waals surface area contributed by atoms with Gasteiger partial charge in [0.15, 0.2) is 23.3 Å². The first-order chi connectivity index (χ1) is 7.02. The van der Waals surface area contributed by atoms with Crippen LogP contribution >= 0.6 is 0 Å². The van der Waals surface area contributed by atoms with Crippen LogP contribution in [0.4, 0.5) is 17.6 Å². The second-order valence-electron chi connectivity index (χ2n) is 3.40. The van der Waals surface area contributed by atoms with E-state index >= 15 is 0 Å². The summed E-state index contributed by atoms with van der Waals surface area (Å²) in [5.41, 5.74) is -0.475. The van der Waals surface area contributed by atoms with Gasteiger partial charge in [0.25, 0.3) is 0 Å². The van der Waals surface area contributed by atoms with Gasteiger partial charge in [-0.05, 0) is 18.8 Å². The number of benzene rings is 1. The predicted molar refractivity (Wildman–Crippen MR) is 49.6 cm³/mol. The van der Waals surface area contributed by atoms with Crippen LogP contribution in [0.15, 0.2) is 6.07 Å². The van der Waals surface area contributed by atoms with Crippen molar-refractivity contribution in [2.24, 2.45) is 0 Å². The highest BCUT2D eigenvalue weighted by molar-refractivity contribution is 5.26. The van der Waals surface area contributed by atoms with E-state index in [1.807, 2.05) is 0 Å². The van der Waals surface area contributed by atoms with Gasteiger partial charge in [-0.2, -0.15) is 0 Å². The van der Waals surface area contributed by atoms with E-state index in [1.165, 1.54) is 0 Å². The lowest BCUT2D eigenvalue weighted by Gasteiger charge is -2.15. The van der Waals surface area contributed by atoms with Gasteiger partial charge in [-0.1, -0.05) is 13.8 Å². The maximum absolute atomic E-state index is 13.3. The molecule has 0 fully saturated rings. The Balaban J connectivity index is 3.37. The monoisotopic (exact) mass is 220 g/mol. The van der Waals surface area contributed by atoms with Gasteiger partial charge in [-0.3, -0.25) is 0 Å². The summed E-state index contributed by atoms with van der Waals surface area (Å²) in [6.45, 7) is 3.44. The smallest absolute Gasteiger partial charge is 0.165 e. The van der Waals surface area contributed by atoms with Gasteiger partial charge in [0.05, 0.1) is 0 Å². The first kappa shape index (κ1) is 12.0. The molecule has 0 aliphatic heterocycles. The molecule has 0 amide bonds. The summed E-state index contributed by atoms with van der Waals surface area (Å²) in [6, 6.07) is 0.233. The number of hydrogen-bond donors (Lipinski definition) is 0. The molecule has 0 N–H and O–H groups in total. The quantitative estimate of drug-likeness (QED) is 0.530. The normalized spacial score (nSPS) is 11.1. The van der Waals surface area contributed by atoms with Crippen molar-refractivity contribution in [3.8, 4) is 0 Å². The standard InChI is InChI=1S/C11H12F4/c1-3-6(4-2)9-10(14)7(12)5-8(13)11(9)15/h5-6H,3-4H2,1-2H3. The van der Waals surface area contributed by atoms with Gasteiger partial charge in [-0.15, -0.1) is 0 Å². The molecule has 0 atom stereocenters. The summed E-state index contributed by atoms with van der Waals surface area (Å²) in [4.78, 5) is 0. The van der Waals surface area contributed by atoms with E-state index in [4.69, 9.17) is 0 Å². The number of hydrogen-bond acceptors (Lipinski definition) is 0. The zero-order valence-corrected chi connectivity index (χ0v) is 8.58. The summed E-state index contributed by atoms with van der Waals surface area (Å²) in [7, 11) is 0. The molecule has 1 rings (SSSR count). The van der Waals surface area contributed by atoms with E-state index in [2.05, 4.69) is 0 Å². The van der Waals surface area contributed by atoms with Gasteiger partial charge in [0.2, 0.25) is 0 Å². The zero-order valence-electron chi connectivity index (χ0n) is 8.58. The van der Waals surface area contributed by atoms with E-state index in [0.29, 0.717) is 12.8 Å². The molecule has 1 aromatic carbocycles. The highest BCUT2D eigenvalue weighted by Gasteiger charge is 2.23. The van der Waals surface area contributed by atoms with Crippen LogP contribution in [0.25, 0.3) is 0 Å². The molecule has 0 heterocycles. The van der Waals surface area contributed by atoms with Crippen LogP contribution < -0.4 is 0 Å². The summed E-state index contributed by atoms with van der Waals surface area (Å²) in [5.74, 6) is -5.72. The van der Waals surface area contributed by atoms with Crippen molar-refractivity contribution in [1.29, 1.82) is 0 Å². The third-order valence-electron chi connectivity index (χ3n) is 2.54. The predicted octanol–water partition coefficient (Wildman–Crippen LogP) is 4.15. The van der Waals surface area contributed by atoms with Crippen molar-refractivity contribution in [2.45, 2.75) is 32.6 Å². The lowest BCUT2D eigenvalue weighted by Crippen LogP contribution is -2.07. The molecule has 4 heteroatoms. The molecule has 0 saturated heterocycles. The molecule has 1 aromatic rings. The topological polar surface area (TPSA) is 0 Å². The summed E-state index contributed by atoms with van der Waals surface area (Å²) >= 11 is 0. The van der Waals surface area contributed by atoms with Crippen LogP contribution in [-0.4, -0.2) is 0 Å². The van der Waals surface area contributed by atoms with E-state index < -0.39 is 34.8 Å². The Labute approximate surface area is 85.9 Å². The maximum Gasteiger partial charge on any atom is 0.165 e. The molecule has 0 aromatic heterocycles. The Bertz CT molecular complexity index is 330. The van der Waals surface area contributed by atoms with Crippen molar-refractivity contribution in [2.75, 3.05) is 0 Å². The van der Waals surface area contributed by atoms with Crippen molar-refractivity contribution >= 4 is 0 Å². The molecule has 0 bridgehead atoms. The molecule has 0 nitrogen and oxygen atoms in total. The molecular formula is C11H12F4. The first-order valence-corrected chi connectivity index (χ1v) is 4.85. The maximum atomic E-state index is 13.3. The van der Waals surface area contributed by atoms with Gasteiger partial charge in [0.1, 0.15) is 0 Å². The Hall–Kier alpha value is -1.06. The Morgan fingerprint density at radius 2 is 1.33 bits per heavy atom. The van der Waals surface area contributed by atoms with Crippen LogP contribution in [0, 0.1) is 23.3 Å². The summed E-state index contributed by atoms with van der Waals surface area (Å²) in [6.07, 6.45) is 0.875. The minimum atomic E-state index is -1.34. The Morgan fingerprint density at radius 1 is 0.933 bits per heavy atom. The Morgan fingerprint density at radius 3 is 1.67 bits per heavy atom. The highest BCUT2D eigenvalue weighted by Crippen LogP contribution is 2.30. The van der Waals surface area contributed by atoms with E-state index in [-0.39, 0.29) is 6.07 Å². The second kappa shape index (κ2) is 4.64. The Kier molecular flexibility index (Phi) is 3.72. The minimum Gasteiger partial charge on any atom is -0.204 e. The molecule has 84 valence electrons.